The first kappa shape index (κ1) is 16.5. The lowest BCUT2D eigenvalue weighted by Crippen LogP contribution is -2.25. The van der Waals surface area contributed by atoms with Gasteiger partial charge in [-0.3, -0.25) is 0 Å². The van der Waals surface area contributed by atoms with E-state index in [1.807, 2.05) is 0 Å². The second-order valence-corrected chi connectivity index (χ2v) is 8.02. The monoisotopic (exact) mass is 287 g/mol. The Bertz CT molecular complexity index is 435. The molecule has 1 unspecified atom stereocenters. The predicted octanol–water partition coefficient (Wildman–Crippen LogP) is 5.46. The summed E-state index contributed by atoms with van der Waals surface area (Å²) in [7, 11) is 0. The number of hydrogen-bond acceptors (Lipinski definition) is 1. The van der Waals surface area contributed by atoms with Gasteiger partial charge in [-0.25, -0.2) is 0 Å². The zero-order valence-electron chi connectivity index (χ0n) is 14.4. The number of hydrogen-bond donors (Lipinski definition) is 1. The Morgan fingerprint density at radius 1 is 1.10 bits per heavy atom. The molecule has 1 heteroatoms. The molecule has 1 fully saturated rings. The molecule has 0 bridgehead atoms. The SMILES string of the molecule is CC(CCN)c1ccccc1C1CCC(C(C)(C)C)CC1. The number of benzene rings is 1. The molecule has 0 amide bonds. The van der Waals surface area contributed by atoms with Crippen molar-refractivity contribution in [1.82, 2.24) is 0 Å². The van der Waals surface area contributed by atoms with Gasteiger partial charge < -0.3 is 5.73 Å². The second kappa shape index (κ2) is 6.96. The Hall–Kier alpha value is -0.820. The third-order valence-corrected chi connectivity index (χ3v) is 5.52. The molecule has 1 nitrogen and oxygen atoms in total. The van der Waals surface area contributed by atoms with Crippen LogP contribution in [0.3, 0.4) is 0 Å². The van der Waals surface area contributed by atoms with E-state index in [0.717, 1.165) is 24.8 Å². The van der Waals surface area contributed by atoms with Gasteiger partial charge >= 0.3 is 0 Å². The normalized spacial score (nSPS) is 24.8. The van der Waals surface area contributed by atoms with E-state index in [0.29, 0.717) is 11.3 Å². The zero-order valence-corrected chi connectivity index (χ0v) is 14.4. The van der Waals surface area contributed by atoms with Gasteiger partial charge in [-0.15, -0.1) is 0 Å². The van der Waals surface area contributed by atoms with Crippen molar-refractivity contribution < 1.29 is 0 Å². The predicted molar refractivity (Wildman–Crippen MR) is 92.7 cm³/mol. The van der Waals surface area contributed by atoms with Gasteiger partial charge in [0.1, 0.15) is 0 Å². The van der Waals surface area contributed by atoms with E-state index in [1.165, 1.54) is 25.7 Å². The van der Waals surface area contributed by atoms with Crippen molar-refractivity contribution in [1.29, 1.82) is 0 Å². The van der Waals surface area contributed by atoms with Gasteiger partial charge in [0, 0.05) is 0 Å². The minimum atomic E-state index is 0.470. The minimum Gasteiger partial charge on any atom is -0.330 e. The van der Waals surface area contributed by atoms with Gasteiger partial charge in [0.15, 0.2) is 0 Å². The molecule has 2 rings (SSSR count). The summed E-state index contributed by atoms with van der Waals surface area (Å²) in [6, 6.07) is 9.09. The molecule has 1 aromatic carbocycles. The lowest BCUT2D eigenvalue weighted by atomic mass is 9.68. The molecule has 118 valence electrons. The third-order valence-electron chi connectivity index (χ3n) is 5.52. The average Bonchev–Trinajstić information content (AvgIpc) is 2.47. The maximum absolute atomic E-state index is 5.76. The van der Waals surface area contributed by atoms with Crippen molar-refractivity contribution in [2.75, 3.05) is 6.54 Å². The topological polar surface area (TPSA) is 26.0 Å². The van der Waals surface area contributed by atoms with Crippen LogP contribution in [-0.4, -0.2) is 6.54 Å². The van der Waals surface area contributed by atoms with Crippen LogP contribution in [0, 0.1) is 11.3 Å². The fourth-order valence-electron chi connectivity index (χ4n) is 4.01. The summed E-state index contributed by atoms with van der Waals surface area (Å²) in [6.45, 7) is 10.3. The Kier molecular flexibility index (Phi) is 5.48. The van der Waals surface area contributed by atoms with Crippen LogP contribution in [0.5, 0.6) is 0 Å². The molecule has 0 aliphatic heterocycles. The number of rotatable bonds is 4. The van der Waals surface area contributed by atoms with Crippen LogP contribution in [0.2, 0.25) is 0 Å². The van der Waals surface area contributed by atoms with Crippen LogP contribution >= 0.6 is 0 Å². The third kappa shape index (κ3) is 4.10. The summed E-state index contributed by atoms with van der Waals surface area (Å²) >= 11 is 0. The fraction of sp³-hybridized carbons (Fsp3) is 0.700. The summed E-state index contributed by atoms with van der Waals surface area (Å²) in [5.74, 6) is 2.24. The molecule has 1 aromatic rings. The Balaban J connectivity index is 2.10. The summed E-state index contributed by atoms with van der Waals surface area (Å²) in [6.07, 6.45) is 6.57. The largest absolute Gasteiger partial charge is 0.330 e. The average molecular weight is 287 g/mol. The number of nitrogens with two attached hydrogens (primary N) is 1. The zero-order chi connectivity index (χ0) is 15.5. The Labute approximate surface area is 131 Å². The lowest BCUT2D eigenvalue weighted by Gasteiger charge is -2.38. The van der Waals surface area contributed by atoms with E-state index >= 15 is 0 Å². The van der Waals surface area contributed by atoms with E-state index in [-0.39, 0.29) is 0 Å². The first-order chi connectivity index (χ1) is 9.93. The van der Waals surface area contributed by atoms with Crippen molar-refractivity contribution in [3.8, 4) is 0 Å². The Morgan fingerprint density at radius 3 is 2.29 bits per heavy atom. The van der Waals surface area contributed by atoms with E-state index in [9.17, 15) is 0 Å². The van der Waals surface area contributed by atoms with Crippen molar-refractivity contribution in [3.05, 3.63) is 35.4 Å². The summed E-state index contributed by atoms with van der Waals surface area (Å²) in [5, 5.41) is 0. The van der Waals surface area contributed by atoms with Gasteiger partial charge in [-0.05, 0) is 72.9 Å². The van der Waals surface area contributed by atoms with Crippen molar-refractivity contribution in [2.24, 2.45) is 17.1 Å². The van der Waals surface area contributed by atoms with Gasteiger partial charge in [-0.2, -0.15) is 0 Å². The van der Waals surface area contributed by atoms with Gasteiger partial charge in [0.25, 0.3) is 0 Å². The van der Waals surface area contributed by atoms with Crippen molar-refractivity contribution >= 4 is 0 Å². The summed E-state index contributed by atoms with van der Waals surface area (Å²) < 4.78 is 0. The quantitative estimate of drug-likeness (QED) is 0.782. The first-order valence-corrected chi connectivity index (χ1v) is 8.72. The minimum absolute atomic E-state index is 0.470. The van der Waals surface area contributed by atoms with Crippen LogP contribution in [0.25, 0.3) is 0 Å². The molecule has 21 heavy (non-hydrogen) atoms. The van der Waals surface area contributed by atoms with Gasteiger partial charge in [0.2, 0.25) is 0 Å². The molecular formula is C20H33N. The molecule has 1 aliphatic carbocycles. The highest BCUT2D eigenvalue weighted by atomic mass is 14.5. The molecule has 0 radical (unpaired) electrons. The molecular weight excluding hydrogens is 254 g/mol. The highest BCUT2D eigenvalue weighted by molar-refractivity contribution is 5.33. The fourth-order valence-corrected chi connectivity index (χ4v) is 4.01. The standard InChI is InChI=1S/C20H33N/c1-15(13-14-21)18-7-5-6-8-19(18)16-9-11-17(12-10-16)20(2,3)4/h5-8,15-17H,9-14,21H2,1-4H3. The molecule has 1 saturated carbocycles. The van der Waals surface area contributed by atoms with Crippen LogP contribution in [0.4, 0.5) is 0 Å². The highest BCUT2D eigenvalue weighted by Crippen LogP contribution is 2.44. The molecule has 1 atom stereocenters. The molecule has 0 spiro atoms. The van der Waals surface area contributed by atoms with E-state index in [4.69, 9.17) is 5.73 Å². The molecule has 0 aromatic heterocycles. The Morgan fingerprint density at radius 2 is 1.71 bits per heavy atom. The molecule has 1 aliphatic rings. The maximum atomic E-state index is 5.76. The smallest absolute Gasteiger partial charge is 0.00715 e. The maximum Gasteiger partial charge on any atom is -0.00715 e. The highest BCUT2D eigenvalue weighted by Gasteiger charge is 2.31. The lowest BCUT2D eigenvalue weighted by molar-refractivity contribution is 0.169. The molecule has 0 heterocycles. The van der Waals surface area contributed by atoms with E-state index in [2.05, 4.69) is 52.0 Å². The van der Waals surface area contributed by atoms with E-state index < -0.39 is 0 Å². The van der Waals surface area contributed by atoms with Crippen molar-refractivity contribution in [3.63, 3.8) is 0 Å². The summed E-state index contributed by atoms with van der Waals surface area (Å²) in [4.78, 5) is 0. The first-order valence-electron chi connectivity index (χ1n) is 8.72. The van der Waals surface area contributed by atoms with Gasteiger partial charge in [-0.1, -0.05) is 52.0 Å². The van der Waals surface area contributed by atoms with Crippen LogP contribution < -0.4 is 5.73 Å². The van der Waals surface area contributed by atoms with Crippen LogP contribution in [-0.2, 0) is 0 Å². The van der Waals surface area contributed by atoms with Crippen molar-refractivity contribution in [2.45, 2.75) is 71.6 Å². The second-order valence-electron chi connectivity index (χ2n) is 8.02. The van der Waals surface area contributed by atoms with E-state index in [1.54, 1.807) is 11.1 Å². The summed E-state index contributed by atoms with van der Waals surface area (Å²) in [5.41, 5.74) is 9.38. The van der Waals surface area contributed by atoms with Gasteiger partial charge in [0.05, 0.1) is 0 Å². The molecule has 2 N–H and O–H groups in total. The van der Waals surface area contributed by atoms with Crippen LogP contribution in [0.15, 0.2) is 24.3 Å². The van der Waals surface area contributed by atoms with Crippen LogP contribution in [0.1, 0.15) is 82.8 Å². The molecule has 0 saturated heterocycles.